The Morgan fingerprint density at radius 1 is 1.07 bits per heavy atom. The van der Waals surface area contributed by atoms with Gasteiger partial charge in [0.1, 0.15) is 11.8 Å². The molecule has 2 aromatic carbocycles. The highest BCUT2D eigenvalue weighted by Gasteiger charge is 2.29. The first kappa shape index (κ1) is 22.9. The van der Waals surface area contributed by atoms with Gasteiger partial charge in [0.05, 0.1) is 0 Å². The van der Waals surface area contributed by atoms with Gasteiger partial charge in [-0.05, 0) is 57.0 Å². The van der Waals surface area contributed by atoms with Crippen molar-refractivity contribution in [1.82, 2.24) is 10.2 Å². The van der Waals surface area contributed by atoms with E-state index in [1.807, 2.05) is 64.1 Å². The summed E-state index contributed by atoms with van der Waals surface area (Å²) in [5.74, 6) is 0.238. The molecular formula is C23H29BrN2O3. The van der Waals surface area contributed by atoms with Crippen LogP contribution >= 0.6 is 15.9 Å². The molecule has 0 aromatic heterocycles. The Hall–Kier alpha value is -2.34. The molecule has 1 atom stereocenters. The second-order valence-corrected chi connectivity index (χ2v) is 8.25. The van der Waals surface area contributed by atoms with Crippen LogP contribution in [0.5, 0.6) is 5.75 Å². The van der Waals surface area contributed by atoms with Crippen LogP contribution in [-0.4, -0.2) is 35.4 Å². The number of benzene rings is 2. The minimum Gasteiger partial charge on any atom is -0.484 e. The summed E-state index contributed by atoms with van der Waals surface area (Å²) in [6, 6.07) is 14.7. The number of nitrogens with zero attached hydrogens (tertiary/aromatic N) is 1. The third-order valence-electron chi connectivity index (χ3n) is 4.47. The monoisotopic (exact) mass is 460 g/mol. The number of aryl methyl sites for hydroxylation is 1. The van der Waals surface area contributed by atoms with Crippen molar-refractivity contribution in [2.45, 2.75) is 52.7 Å². The van der Waals surface area contributed by atoms with E-state index in [1.54, 1.807) is 17.0 Å². The Morgan fingerprint density at radius 2 is 1.69 bits per heavy atom. The largest absolute Gasteiger partial charge is 0.484 e. The molecule has 0 saturated heterocycles. The van der Waals surface area contributed by atoms with Crippen molar-refractivity contribution in [3.05, 3.63) is 64.1 Å². The van der Waals surface area contributed by atoms with Gasteiger partial charge >= 0.3 is 0 Å². The summed E-state index contributed by atoms with van der Waals surface area (Å²) in [4.78, 5) is 27.4. The number of amides is 2. The van der Waals surface area contributed by atoms with Crippen LogP contribution in [0.1, 0.15) is 38.3 Å². The van der Waals surface area contributed by atoms with Crippen molar-refractivity contribution in [1.29, 1.82) is 0 Å². The van der Waals surface area contributed by atoms with Crippen LogP contribution in [0.3, 0.4) is 0 Å². The fraction of sp³-hybridized carbons (Fsp3) is 0.391. The molecule has 29 heavy (non-hydrogen) atoms. The molecule has 0 unspecified atom stereocenters. The van der Waals surface area contributed by atoms with Gasteiger partial charge < -0.3 is 15.0 Å². The molecule has 0 radical (unpaired) electrons. The average molecular weight is 461 g/mol. The summed E-state index contributed by atoms with van der Waals surface area (Å²) >= 11 is 3.38. The van der Waals surface area contributed by atoms with Gasteiger partial charge in [0.2, 0.25) is 5.91 Å². The second kappa shape index (κ2) is 11.0. The third kappa shape index (κ3) is 7.20. The van der Waals surface area contributed by atoms with Crippen LogP contribution in [0.15, 0.2) is 53.0 Å². The van der Waals surface area contributed by atoms with Crippen molar-refractivity contribution in [2.75, 3.05) is 6.61 Å². The van der Waals surface area contributed by atoms with Crippen molar-refractivity contribution < 1.29 is 14.3 Å². The minimum absolute atomic E-state index is 0.00638. The van der Waals surface area contributed by atoms with E-state index in [0.717, 1.165) is 15.6 Å². The lowest BCUT2D eigenvalue weighted by Crippen LogP contribution is -2.51. The van der Waals surface area contributed by atoms with E-state index < -0.39 is 6.04 Å². The van der Waals surface area contributed by atoms with E-state index in [1.165, 1.54) is 0 Å². The molecule has 156 valence electrons. The molecule has 6 heteroatoms. The fourth-order valence-corrected chi connectivity index (χ4v) is 3.21. The Bertz CT molecular complexity index is 804. The highest BCUT2D eigenvalue weighted by molar-refractivity contribution is 9.10. The normalized spacial score (nSPS) is 11.8. The summed E-state index contributed by atoms with van der Waals surface area (Å²) in [7, 11) is 0. The zero-order valence-electron chi connectivity index (χ0n) is 17.4. The van der Waals surface area contributed by atoms with Crippen LogP contribution in [-0.2, 0) is 16.1 Å². The van der Waals surface area contributed by atoms with Crippen molar-refractivity contribution in [2.24, 2.45) is 0 Å². The molecule has 1 N–H and O–H groups in total. The molecule has 0 aliphatic rings. The molecule has 2 amide bonds. The zero-order valence-corrected chi connectivity index (χ0v) is 19.0. The van der Waals surface area contributed by atoms with E-state index in [-0.39, 0.29) is 24.5 Å². The first-order valence-corrected chi connectivity index (χ1v) is 10.6. The lowest BCUT2D eigenvalue weighted by Gasteiger charge is -2.31. The molecular weight excluding hydrogens is 432 g/mol. The Morgan fingerprint density at radius 3 is 2.24 bits per heavy atom. The van der Waals surface area contributed by atoms with Gasteiger partial charge in [-0.3, -0.25) is 9.59 Å². The van der Waals surface area contributed by atoms with E-state index >= 15 is 0 Å². The molecule has 2 aromatic rings. The fourth-order valence-electron chi connectivity index (χ4n) is 2.95. The van der Waals surface area contributed by atoms with Gasteiger partial charge in [-0.25, -0.2) is 0 Å². The lowest BCUT2D eigenvalue weighted by molar-refractivity contribution is -0.143. The lowest BCUT2D eigenvalue weighted by atomic mass is 10.1. The minimum atomic E-state index is -0.556. The number of hydrogen-bond donors (Lipinski definition) is 1. The maximum Gasteiger partial charge on any atom is 0.261 e. The van der Waals surface area contributed by atoms with Crippen LogP contribution in [0, 0.1) is 6.92 Å². The smallest absolute Gasteiger partial charge is 0.261 e. The summed E-state index contributed by atoms with van der Waals surface area (Å²) in [5, 5.41) is 2.93. The van der Waals surface area contributed by atoms with Crippen LogP contribution in [0.2, 0.25) is 0 Å². The van der Waals surface area contributed by atoms with Crippen LogP contribution < -0.4 is 10.1 Å². The number of rotatable bonds is 9. The molecule has 0 aliphatic heterocycles. The van der Waals surface area contributed by atoms with Gasteiger partial charge in [0.15, 0.2) is 6.61 Å². The molecule has 0 saturated carbocycles. The molecule has 0 bridgehead atoms. The number of nitrogens with one attached hydrogen (secondary N) is 1. The van der Waals surface area contributed by atoms with Gasteiger partial charge in [-0.2, -0.15) is 0 Å². The number of carbonyl (C=O) groups excluding carboxylic acids is 2. The standard InChI is InChI=1S/C23H29BrN2O3/c1-5-21(23(28)25-16(2)3)26(14-18-8-6-17(4)7-9-18)22(27)15-29-20-12-10-19(24)11-13-20/h6-13,16,21H,5,14-15H2,1-4H3,(H,25,28)/t21-/m1/s1. The number of carbonyl (C=O) groups is 2. The van der Waals surface area contributed by atoms with E-state index in [2.05, 4.69) is 21.2 Å². The topological polar surface area (TPSA) is 58.6 Å². The summed E-state index contributed by atoms with van der Waals surface area (Å²) < 4.78 is 6.61. The van der Waals surface area contributed by atoms with Crippen LogP contribution in [0.4, 0.5) is 0 Å². The Labute approximate surface area is 181 Å². The molecule has 2 rings (SSSR count). The first-order chi connectivity index (χ1) is 13.8. The molecule has 0 spiro atoms. The first-order valence-electron chi connectivity index (χ1n) is 9.84. The predicted molar refractivity (Wildman–Crippen MR) is 119 cm³/mol. The number of hydrogen-bond acceptors (Lipinski definition) is 3. The number of ether oxygens (including phenoxy) is 1. The molecule has 0 fully saturated rings. The maximum atomic E-state index is 13.1. The molecule has 0 aliphatic carbocycles. The van der Waals surface area contributed by atoms with Crippen molar-refractivity contribution >= 4 is 27.7 Å². The Balaban J connectivity index is 2.18. The van der Waals surface area contributed by atoms with Gasteiger partial charge in [0, 0.05) is 17.1 Å². The average Bonchev–Trinajstić information content (AvgIpc) is 2.68. The maximum absolute atomic E-state index is 13.1. The zero-order chi connectivity index (χ0) is 21.4. The predicted octanol–water partition coefficient (Wildman–Crippen LogP) is 4.47. The van der Waals surface area contributed by atoms with E-state index in [9.17, 15) is 9.59 Å². The van der Waals surface area contributed by atoms with Gasteiger partial charge in [-0.15, -0.1) is 0 Å². The SMILES string of the molecule is CC[C@H](C(=O)NC(C)C)N(Cc1ccc(C)cc1)C(=O)COc1ccc(Br)cc1. The van der Waals surface area contributed by atoms with Crippen molar-refractivity contribution in [3.8, 4) is 5.75 Å². The van der Waals surface area contributed by atoms with Crippen molar-refractivity contribution in [3.63, 3.8) is 0 Å². The number of halogens is 1. The van der Waals surface area contributed by atoms with E-state index in [0.29, 0.717) is 18.7 Å². The summed E-state index contributed by atoms with van der Waals surface area (Å²) in [5.41, 5.74) is 2.12. The van der Waals surface area contributed by atoms with Crippen LogP contribution in [0.25, 0.3) is 0 Å². The van der Waals surface area contributed by atoms with E-state index in [4.69, 9.17) is 4.74 Å². The van der Waals surface area contributed by atoms with Gasteiger partial charge in [0.25, 0.3) is 5.91 Å². The highest BCUT2D eigenvalue weighted by atomic mass is 79.9. The second-order valence-electron chi connectivity index (χ2n) is 7.34. The van der Waals surface area contributed by atoms with Gasteiger partial charge in [-0.1, -0.05) is 52.7 Å². The quantitative estimate of drug-likeness (QED) is 0.600. The summed E-state index contributed by atoms with van der Waals surface area (Å²) in [6.07, 6.45) is 0.522. The molecule has 0 heterocycles. The molecule has 5 nitrogen and oxygen atoms in total. The highest BCUT2D eigenvalue weighted by Crippen LogP contribution is 2.17. The summed E-state index contributed by atoms with van der Waals surface area (Å²) in [6.45, 7) is 7.98. The Kier molecular flexibility index (Phi) is 8.70. The third-order valence-corrected chi connectivity index (χ3v) is 4.99.